The number of aliphatic hydroxyl groups is 1. The van der Waals surface area contributed by atoms with Gasteiger partial charge in [0.1, 0.15) is 5.82 Å². The number of hydrogen-bond acceptors (Lipinski definition) is 5. The minimum absolute atomic E-state index is 0.00218. The predicted octanol–water partition coefficient (Wildman–Crippen LogP) is 2.81. The first-order chi connectivity index (χ1) is 14.2. The van der Waals surface area contributed by atoms with E-state index in [0.29, 0.717) is 5.56 Å². The van der Waals surface area contributed by atoms with E-state index >= 15 is 0 Å². The molecule has 0 bridgehead atoms. The zero-order valence-electron chi connectivity index (χ0n) is 16.3. The van der Waals surface area contributed by atoms with E-state index < -0.39 is 27.9 Å². The molecule has 1 atom stereocenters. The molecule has 0 aliphatic carbocycles. The van der Waals surface area contributed by atoms with Gasteiger partial charge in [-0.2, -0.15) is 4.31 Å². The van der Waals surface area contributed by atoms with Gasteiger partial charge in [0.2, 0.25) is 10.0 Å². The van der Waals surface area contributed by atoms with Crippen molar-refractivity contribution in [2.24, 2.45) is 0 Å². The second kappa shape index (κ2) is 9.40. The second-order valence-corrected chi connectivity index (χ2v) is 9.30. The number of anilines is 1. The molecule has 0 aromatic heterocycles. The van der Waals surface area contributed by atoms with Crippen LogP contribution in [0, 0.1) is 12.7 Å². The number of amides is 1. The fourth-order valence-corrected chi connectivity index (χ4v) is 4.92. The smallest absolute Gasteiger partial charge is 0.255 e. The van der Waals surface area contributed by atoms with Crippen molar-refractivity contribution >= 4 is 33.2 Å². The van der Waals surface area contributed by atoms with Gasteiger partial charge in [-0.1, -0.05) is 17.7 Å². The predicted molar refractivity (Wildman–Crippen MR) is 111 cm³/mol. The van der Waals surface area contributed by atoms with E-state index in [0.717, 1.165) is 6.07 Å². The van der Waals surface area contributed by atoms with Crippen LogP contribution in [-0.2, 0) is 14.8 Å². The Kier molecular flexibility index (Phi) is 7.10. The third-order valence-electron chi connectivity index (χ3n) is 4.75. The van der Waals surface area contributed by atoms with Crippen LogP contribution in [0.1, 0.15) is 22.3 Å². The summed E-state index contributed by atoms with van der Waals surface area (Å²) in [5.41, 5.74) is 0.897. The van der Waals surface area contributed by atoms with Gasteiger partial charge in [-0.15, -0.1) is 0 Å². The van der Waals surface area contributed by atoms with Crippen LogP contribution in [0.2, 0.25) is 5.02 Å². The van der Waals surface area contributed by atoms with Gasteiger partial charge in [-0.25, -0.2) is 12.8 Å². The van der Waals surface area contributed by atoms with Crippen LogP contribution in [0.25, 0.3) is 0 Å². The molecule has 0 radical (unpaired) electrons. The maximum atomic E-state index is 13.3. The molecule has 1 aliphatic heterocycles. The molecule has 1 fully saturated rings. The summed E-state index contributed by atoms with van der Waals surface area (Å²) in [7, 11) is -3.91. The molecule has 1 unspecified atom stereocenters. The zero-order chi connectivity index (χ0) is 21.9. The molecule has 162 valence electrons. The highest BCUT2D eigenvalue weighted by Gasteiger charge is 2.28. The Morgan fingerprint density at radius 1 is 1.27 bits per heavy atom. The van der Waals surface area contributed by atoms with E-state index in [-0.39, 0.29) is 53.9 Å². The molecule has 30 heavy (non-hydrogen) atoms. The highest BCUT2D eigenvalue weighted by atomic mass is 35.5. The van der Waals surface area contributed by atoms with E-state index in [2.05, 4.69) is 5.32 Å². The lowest BCUT2D eigenvalue weighted by Crippen LogP contribution is -2.39. The van der Waals surface area contributed by atoms with Crippen molar-refractivity contribution in [2.75, 3.05) is 31.6 Å². The molecule has 1 heterocycles. The van der Waals surface area contributed by atoms with Gasteiger partial charge in [0.15, 0.2) is 0 Å². The average molecular weight is 457 g/mol. The van der Waals surface area contributed by atoms with Crippen molar-refractivity contribution in [1.82, 2.24) is 4.31 Å². The Balaban J connectivity index is 1.86. The van der Waals surface area contributed by atoms with E-state index in [1.54, 1.807) is 13.0 Å². The second-order valence-electron chi connectivity index (χ2n) is 6.98. The molecule has 2 aromatic carbocycles. The molecule has 0 spiro atoms. The number of halogens is 2. The molecule has 1 saturated heterocycles. The lowest BCUT2D eigenvalue weighted by molar-refractivity contribution is 0.0130. The summed E-state index contributed by atoms with van der Waals surface area (Å²) < 4.78 is 46.2. The van der Waals surface area contributed by atoms with Crippen molar-refractivity contribution in [2.45, 2.75) is 24.3 Å². The number of sulfonamides is 1. The highest BCUT2D eigenvalue weighted by Crippen LogP contribution is 2.24. The van der Waals surface area contributed by atoms with Gasteiger partial charge in [0, 0.05) is 24.3 Å². The molecule has 7 nitrogen and oxygen atoms in total. The first-order valence-electron chi connectivity index (χ1n) is 9.31. The van der Waals surface area contributed by atoms with Crippen LogP contribution in [-0.4, -0.2) is 56.1 Å². The van der Waals surface area contributed by atoms with E-state index in [4.69, 9.17) is 16.3 Å². The molecular weight excluding hydrogens is 435 g/mol. The molecular formula is C20H22ClFN2O5S. The Labute approximate surface area is 179 Å². The zero-order valence-corrected chi connectivity index (χ0v) is 17.8. The summed E-state index contributed by atoms with van der Waals surface area (Å²) >= 11 is 5.73. The van der Waals surface area contributed by atoms with Gasteiger partial charge < -0.3 is 15.2 Å². The van der Waals surface area contributed by atoms with E-state index in [9.17, 15) is 22.7 Å². The van der Waals surface area contributed by atoms with Crippen LogP contribution in [0.4, 0.5) is 10.1 Å². The lowest BCUT2D eigenvalue weighted by atomic mass is 10.1. The number of ether oxygens (including phenoxy) is 1. The number of carbonyl (C=O) groups excluding carboxylic acids is 1. The minimum Gasteiger partial charge on any atom is -0.391 e. The topological polar surface area (TPSA) is 95.9 Å². The van der Waals surface area contributed by atoms with Crippen LogP contribution in [0.15, 0.2) is 41.3 Å². The molecule has 10 heteroatoms. The van der Waals surface area contributed by atoms with Gasteiger partial charge in [-0.3, -0.25) is 4.79 Å². The van der Waals surface area contributed by atoms with Crippen molar-refractivity contribution in [1.29, 1.82) is 0 Å². The Bertz CT molecular complexity index is 1050. The number of aliphatic hydroxyl groups excluding tert-OH is 1. The van der Waals surface area contributed by atoms with E-state index in [1.807, 2.05) is 0 Å². The molecule has 2 aromatic rings. The molecule has 1 aliphatic rings. The third kappa shape index (κ3) is 5.16. The number of hydrogen-bond donors (Lipinski definition) is 2. The first-order valence-corrected chi connectivity index (χ1v) is 11.1. The lowest BCUT2D eigenvalue weighted by Gasteiger charge is -2.26. The first kappa shape index (κ1) is 22.6. The van der Waals surface area contributed by atoms with Crippen molar-refractivity contribution in [3.05, 3.63) is 58.4 Å². The number of aryl methyl sites for hydroxylation is 1. The fourth-order valence-electron chi connectivity index (χ4n) is 3.05. The van der Waals surface area contributed by atoms with Crippen molar-refractivity contribution < 1.29 is 27.4 Å². The molecule has 0 saturated carbocycles. The summed E-state index contributed by atoms with van der Waals surface area (Å²) in [6.07, 6.45) is -0.479. The third-order valence-corrected chi connectivity index (χ3v) is 7.08. The standard InChI is InChI=1S/C20H22ClFN2O5S/c1-13-2-3-14(20(26)23-15-4-5-18(22)17(21)11-15)10-19(13)30(27,28)24-7-6-16(25)12-29-9-8-24/h2-5,10-11,16,25H,6-9,12H2,1H3,(H,23,26). The molecule has 1 amide bonds. The number of carbonyl (C=O) groups is 1. The fraction of sp³-hybridized carbons (Fsp3) is 0.350. The van der Waals surface area contributed by atoms with Crippen molar-refractivity contribution in [3.63, 3.8) is 0 Å². The monoisotopic (exact) mass is 456 g/mol. The number of nitrogens with zero attached hydrogens (tertiary/aromatic N) is 1. The van der Waals surface area contributed by atoms with Gasteiger partial charge in [0.25, 0.3) is 5.91 Å². The summed E-state index contributed by atoms with van der Waals surface area (Å²) in [6, 6.07) is 8.12. The van der Waals surface area contributed by atoms with Crippen LogP contribution in [0.5, 0.6) is 0 Å². The molecule has 2 N–H and O–H groups in total. The minimum atomic E-state index is -3.91. The Hall–Kier alpha value is -2.04. The number of nitrogens with one attached hydrogen (secondary N) is 1. The number of benzene rings is 2. The summed E-state index contributed by atoms with van der Waals surface area (Å²) in [5.74, 6) is -1.17. The normalized spacial score (nSPS) is 18.5. The SMILES string of the molecule is Cc1ccc(C(=O)Nc2ccc(F)c(Cl)c2)cc1S(=O)(=O)N1CCOCC(O)CC1. The highest BCUT2D eigenvalue weighted by molar-refractivity contribution is 7.89. The Morgan fingerprint density at radius 3 is 2.77 bits per heavy atom. The maximum Gasteiger partial charge on any atom is 0.255 e. The summed E-state index contributed by atoms with van der Waals surface area (Å²) in [6.45, 7) is 2.29. The number of rotatable bonds is 4. The van der Waals surface area contributed by atoms with E-state index in [1.165, 1.54) is 28.6 Å². The maximum absolute atomic E-state index is 13.3. The summed E-state index contributed by atoms with van der Waals surface area (Å²) in [5, 5.41) is 12.2. The largest absolute Gasteiger partial charge is 0.391 e. The van der Waals surface area contributed by atoms with Gasteiger partial charge >= 0.3 is 0 Å². The van der Waals surface area contributed by atoms with Gasteiger partial charge in [-0.05, 0) is 49.2 Å². The van der Waals surface area contributed by atoms with Crippen LogP contribution in [0.3, 0.4) is 0 Å². The van der Waals surface area contributed by atoms with Gasteiger partial charge in [0.05, 0.1) is 29.2 Å². The quantitative estimate of drug-likeness (QED) is 0.737. The van der Waals surface area contributed by atoms with Crippen LogP contribution < -0.4 is 5.32 Å². The van der Waals surface area contributed by atoms with Crippen LogP contribution >= 0.6 is 11.6 Å². The summed E-state index contributed by atoms with van der Waals surface area (Å²) in [4.78, 5) is 12.6. The average Bonchev–Trinajstić information content (AvgIpc) is 2.67. The van der Waals surface area contributed by atoms with Crippen molar-refractivity contribution in [3.8, 4) is 0 Å². The molecule has 3 rings (SSSR count). The Morgan fingerprint density at radius 2 is 2.03 bits per heavy atom.